The topological polar surface area (TPSA) is 18.5 Å². The first-order valence-electron chi connectivity index (χ1n) is 13.2. The Hall–Kier alpha value is -1.51. The fourth-order valence-corrected chi connectivity index (χ4v) is 6.74. The molecule has 0 heterocycles. The number of rotatable bonds is 6. The van der Waals surface area contributed by atoms with Crippen LogP contribution in [-0.2, 0) is 10.8 Å². The molecule has 0 aliphatic heterocycles. The van der Waals surface area contributed by atoms with Gasteiger partial charge in [0.25, 0.3) is 0 Å². The molecule has 0 spiro atoms. The number of alkyl halides is 5. The van der Waals surface area contributed by atoms with Crippen LogP contribution in [-0.4, -0.2) is 12.5 Å². The minimum absolute atomic E-state index is 0. The van der Waals surface area contributed by atoms with E-state index in [0.717, 1.165) is 30.6 Å². The van der Waals surface area contributed by atoms with E-state index in [0.29, 0.717) is 24.7 Å². The van der Waals surface area contributed by atoms with Gasteiger partial charge in [-0.3, -0.25) is 0 Å². The lowest BCUT2D eigenvalue weighted by Crippen LogP contribution is -2.33. The number of halogens is 7. The minimum Gasteiger partial charge on any atom is -0.399 e. The third-order valence-corrected chi connectivity index (χ3v) is 8.80. The summed E-state index contributed by atoms with van der Waals surface area (Å²) in [6.45, 7) is 2.34. The highest BCUT2D eigenvalue weighted by atomic mass is 19.4. The SMILES string of the molecule is C.CC1CCC(C2CCC(C3CCC(OC(F)(F)c4cc(F)c(OC(F)(F)F)c(F)c4)CC3)CC2)CC1.[HH].[HH].[HH]. The van der Waals surface area contributed by atoms with E-state index in [1.54, 1.807) is 0 Å². The zero-order valence-electron chi connectivity index (χ0n) is 20.6. The second-order valence-corrected chi connectivity index (χ2v) is 11.2. The molecule has 2 nitrogen and oxygen atoms in total. The van der Waals surface area contributed by atoms with Gasteiger partial charge in [0.15, 0.2) is 11.6 Å². The van der Waals surface area contributed by atoms with Crippen molar-refractivity contribution in [3.05, 3.63) is 29.3 Å². The largest absolute Gasteiger partial charge is 0.573 e. The molecule has 0 radical (unpaired) electrons. The predicted molar refractivity (Wildman–Crippen MR) is 133 cm³/mol. The van der Waals surface area contributed by atoms with Gasteiger partial charge in [0, 0.05) is 4.28 Å². The maximum absolute atomic E-state index is 14.6. The highest BCUT2D eigenvalue weighted by Gasteiger charge is 2.41. The molecule has 0 atom stereocenters. The van der Waals surface area contributed by atoms with Gasteiger partial charge in [0.1, 0.15) is 0 Å². The van der Waals surface area contributed by atoms with E-state index in [2.05, 4.69) is 11.7 Å². The van der Waals surface area contributed by atoms with Crippen molar-refractivity contribution in [1.82, 2.24) is 0 Å². The van der Waals surface area contributed by atoms with Crippen LogP contribution < -0.4 is 4.74 Å². The second kappa shape index (κ2) is 12.1. The molecule has 0 aromatic heterocycles. The Balaban J connectivity index is 0.00000380. The Bertz CT molecular complexity index is 856. The average Bonchev–Trinajstić information content (AvgIpc) is 2.82. The molecule has 218 valence electrons. The summed E-state index contributed by atoms with van der Waals surface area (Å²) in [7, 11) is 0. The molecule has 0 unspecified atom stereocenters. The summed E-state index contributed by atoms with van der Waals surface area (Å²) >= 11 is 0. The lowest BCUT2D eigenvalue weighted by atomic mass is 9.65. The van der Waals surface area contributed by atoms with Gasteiger partial charge in [0.2, 0.25) is 5.75 Å². The molecule has 37 heavy (non-hydrogen) atoms. The van der Waals surface area contributed by atoms with E-state index in [9.17, 15) is 30.7 Å². The predicted octanol–water partition coefficient (Wildman–Crippen LogP) is 10.5. The van der Waals surface area contributed by atoms with Crippen LogP contribution in [0.5, 0.6) is 5.75 Å². The molecule has 3 saturated carbocycles. The first-order valence-corrected chi connectivity index (χ1v) is 13.2. The van der Waals surface area contributed by atoms with Crippen LogP contribution >= 0.6 is 0 Å². The summed E-state index contributed by atoms with van der Waals surface area (Å²) in [4.78, 5) is 0. The van der Waals surface area contributed by atoms with Gasteiger partial charge < -0.3 is 9.47 Å². The molecule has 3 aliphatic rings. The molecule has 4 rings (SSSR count). The monoisotopic (exact) mass is 546 g/mol. The van der Waals surface area contributed by atoms with E-state index in [1.807, 2.05) is 0 Å². The number of hydrogen-bond donors (Lipinski definition) is 0. The first-order chi connectivity index (χ1) is 16.9. The van der Waals surface area contributed by atoms with Crippen LogP contribution in [0.3, 0.4) is 0 Å². The lowest BCUT2D eigenvalue weighted by molar-refractivity contribution is -0.279. The molecule has 0 amide bonds. The van der Waals surface area contributed by atoms with Crippen LogP contribution in [0.2, 0.25) is 0 Å². The van der Waals surface area contributed by atoms with Gasteiger partial charge in [0.05, 0.1) is 11.7 Å². The second-order valence-electron chi connectivity index (χ2n) is 11.2. The number of ether oxygens (including phenoxy) is 2. The van der Waals surface area contributed by atoms with E-state index in [4.69, 9.17) is 4.74 Å². The van der Waals surface area contributed by atoms with E-state index in [-0.39, 0.29) is 23.8 Å². The molecule has 3 fully saturated rings. The molecule has 0 saturated heterocycles. The van der Waals surface area contributed by atoms with Crippen molar-refractivity contribution in [2.24, 2.45) is 29.6 Å². The summed E-state index contributed by atoms with van der Waals surface area (Å²) in [5.74, 6) is -1.90. The highest BCUT2D eigenvalue weighted by Crippen LogP contribution is 2.46. The lowest BCUT2D eigenvalue weighted by Gasteiger charge is -2.41. The van der Waals surface area contributed by atoms with Crippen LogP contribution in [0.4, 0.5) is 30.7 Å². The van der Waals surface area contributed by atoms with E-state index >= 15 is 0 Å². The Kier molecular flexibility index (Phi) is 9.84. The van der Waals surface area contributed by atoms with Crippen LogP contribution in [0.25, 0.3) is 0 Å². The molecular weight excluding hydrogens is 501 g/mol. The maximum Gasteiger partial charge on any atom is 0.573 e. The van der Waals surface area contributed by atoms with Gasteiger partial charge in [-0.25, -0.2) is 8.78 Å². The quantitative estimate of drug-likeness (QED) is 0.331. The van der Waals surface area contributed by atoms with Gasteiger partial charge >= 0.3 is 12.5 Å². The summed E-state index contributed by atoms with van der Waals surface area (Å²) in [6.07, 6.45) is 2.44. The zero-order valence-corrected chi connectivity index (χ0v) is 20.6. The first kappa shape index (κ1) is 30.0. The van der Waals surface area contributed by atoms with Crippen molar-refractivity contribution >= 4 is 0 Å². The van der Waals surface area contributed by atoms with Crippen LogP contribution in [0.1, 0.15) is 101 Å². The smallest absolute Gasteiger partial charge is 0.399 e. The van der Waals surface area contributed by atoms with Crippen molar-refractivity contribution in [3.63, 3.8) is 0 Å². The fourth-order valence-electron chi connectivity index (χ4n) is 6.74. The summed E-state index contributed by atoms with van der Waals surface area (Å²) in [6, 6.07) is 0.252. The maximum atomic E-state index is 14.6. The minimum atomic E-state index is -5.35. The van der Waals surface area contributed by atoms with Gasteiger partial charge in [-0.2, -0.15) is 8.78 Å². The summed E-state index contributed by atoms with van der Waals surface area (Å²) < 4.78 is 102. The third kappa shape index (κ3) is 7.76. The van der Waals surface area contributed by atoms with Crippen molar-refractivity contribution in [2.75, 3.05) is 0 Å². The average molecular weight is 547 g/mol. The van der Waals surface area contributed by atoms with Crippen molar-refractivity contribution < 1.29 is 44.5 Å². The third-order valence-electron chi connectivity index (χ3n) is 8.80. The van der Waals surface area contributed by atoms with Crippen molar-refractivity contribution in [1.29, 1.82) is 0 Å². The Labute approximate surface area is 219 Å². The normalized spacial score (nSPS) is 31.5. The standard InChI is InChI=1S/C27H35F7O2.CH4.3H2/c1-16-2-4-17(5-3-16)18-6-8-19(9-7-18)20-10-12-22(13-11-20)35-26(30,31)21-14-23(28)25(24(29)15-21)36-27(32,33)34;;;;/h14-20,22H,2-13H2,1H3;1H4;3*1H. The Morgan fingerprint density at radius 3 is 1.46 bits per heavy atom. The van der Waals surface area contributed by atoms with Crippen molar-refractivity contribution in [2.45, 2.75) is 110 Å². The zero-order chi connectivity index (χ0) is 26.1. The fraction of sp³-hybridized carbons (Fsp3) is 0.786. The van der Waals surface area contributed by atoms with Gasteiger partial charge in [-0.15, -0.1) is 13.2 Å². The van der Waals surface area contributed by atoms with E-state index in [1.165, 1.54) is 51.4 Å². The van der Waals surface area contributed by atoms with Crippen LogP contribution in [0.15, 0.2) is 12.1 Å². The molecule has 0 N–H and O–H groups in total. The number of hydrogen-bond acceptors (Lipinski definition) is 2. The molecule has 9 heteroatoms. The Morgan fingerprint density at radius 1 is 0.676 bits per heavy atom. The molecule has 1 aromatic rings. The summed E-state index contributed by atoms with van der Waals surface area (Å²) in [5.41, 5.74) is -1.18. The molecule has 3 aliphatic carbocycles. The van der Waals surface area contributed by atoms with Crippen LogP contribution in [0, 0.1) is 41.2 Å². The number of benzene rings is 1. The van der Waals surface area contributed by atoms with Crippen molar-refractivity contribution in [3.8, 4) is 5.75 Å². The highest BCUT2D eigenvalue weighted by molar-refractivity contribution is 5.33. The van der Waals surface area contributed by atoms with Gasteiger partial charge in [-0.05, 0) is 106 Å². The van der Waals surface area contributed by atoms with Gasteiger partial charge in [-0.1, -0.05) is 27.2 Å². The molecule has 0 bridgehead atoms. The molecular formula is C28H45F7O2. The summed E-state index contributed by atoms with van der Waals surface area (Å²) in [5, 5.41) is 0. The molecule has 1 aromatic carbocycles. The Morgan fingerprint density at radius 2 is 1.05 bits per heavy atom. The van der Waals surface area contributed by atoms with E-state index < -0.39 is 41.5 Å².